The monoisotopic (exact) mass is 372 g/mol. The number of amides is 1. The van der Waals surface area contributed by atoms with Crippen LogP contribution in [0, 0.1) is 6.92 Å². The highest BCUT2D eigenvalue weighted by Crippen LogP contribution is 2.28. The van der Waals surface area contributed by atoms with Crippen LogP contribution in [0.5, 0.6) is 0 Å². The van der Waals surface area contributed by atoms with Gasteiger partial charge < -0.3 is 5.32 Å². The van der Waals surface area contributed by atoms with Gasteiger partial charge in [0.2, 0.25) is 0 Å². The van der Waals surface area contributed by atoms with Crippen molar-refractivity contribution in [3.63, 3.8) is 0 Å². The van der Waals surface area contributed by atoms with Gasteiger partial charge in [-0.3, -0.25) is 4.79 Å². The van der Waals surface area contributed by atoms with E-state index >= 15 is 0 Å². The number of thiazole rings is 1. The number of rotatable bonds is 4. The zero-order chi connectivity index (χ0) is 18.0. The molecule has 1 amide bonds. The third kappa shape index (κ3) is 3.94. The van der Waals surface area contributed by atoms with Crippen LogP contribution >= 0.6 is 11.3 Å². The average Bonchev–Trinajstić information content (AvgIpc) is 2.97. The average molecular weight is 372 g/mol. The maximum absolute atomic E-state index is 12.6. The lowest BCUT2D eigenvalue weighted by molar-refractivity contribution is 0.102. The van der Waals surface area contributed by atoms with E-state index in [-0.39, 0.29) is 10.8 Å². The third-order valence-corrected chi connectivity index (χ3v) is 5.86. The van der Waals surface area contributed by atoms with Crippen molar-refractivity contribution in [2.45, 2.75) is 11.8 Å². The molecule has 0 spiro atoms. The first-order chi connectivity index (χ1) is 11.8. The molecule has 0 radical (unpaired) electrons. The molecule has 0 atom stereocenters. The Labute approximate surface area is 150 Å². The van der Waals surface area contributed by atoms with Gasteiger partial charge >= 0.3 is 0 Å². The zero-order valence-electron chi connectivity index (χ0n) is 13.7. The number of carbonyl (C=O) groups excluding carboxylic acids is 1. The summed E-state index contributed by atoms with van der Waals surface area (Å²) in [5.41, 5.74) is 2.02. The zero-order valence-corrected chi connectivity index (χ0v) is 15.3. The Morgan fingerprint density at radius 3 is 2.48 bits per heavy atom. The fourth-order valence-corrected chi connectivity index (χ4v) is 3.94. The van der Waals surface area contributed by atoms with Crippen LogP contribution in [0.15, 0.2) is 59.5 Å². The van der Waals surface area contributed by atoms with E-state index in [1.807, 2.05) is 30.3 Å². The molecule has 3 aromatic rings. The summed E-state index contributed by atoms with van der Waals surface area (Å²) < 4.78 is 23.3. The van der Waals surface area contributed by atoms with E-state index in [2.05, 4.69) is 10.3 Å². The van der Waals surface area contributed by atoms with Crippen LogP contribution in [-0.4, -0.2) is 25.6 Å². The van der Waals surface area contributed by atoms with Crippen LogP contribution < -0.4 is 5.32 Å². The second kappa shape index (κ2) is 6.78. The van der Waals surface area contributed by atoms with Gasteiger partial charge in [0.15, 0.2) is 9.84 Å². The minimum absolute atomic E-state index is 0.163. The van der Waals surface area contributed by atoms with Crippen LogP contribution in [0.3, 0.4) is 0 Å². The molecule has 128 valence electrons. The van der Waals surface area contributed by atoms with E-state index in [1.54, 1.807) is 19.1 Å². The standard InChI is InChI=1S/C18H16N2O3S2/c1-12-16(24-18(19-12)13-7-4-3-5-8-13)17(21)20-14-9-6-10-15(11-14)25(2,22)23/h3-11H,1-2H3,(H,20,21). The summed E-state index contributed by atoms with van der Waals surface area (Å²) in [4.78, 5) is 17.7. The van der Waals surface area contributed by atoms with Crippen LogP contribution in [0.2, 0.25) is 0 Å². The van der Waals surface area contributed by atoms with Crippen molar-refractivity contribution < 1.29 is 13.2 Å². The lowest BCUT2D eigenvalue weighted by Crippen LogP contribution is -2.12. The molecule has 7 heteroatoms. The molecule has 0 aliphatic rings. The first-order valence-electron chi connectivity index (χ1n) is 7.49. The van der Waals surface area contributed by atoms with Crippen molar-refractivity contribution in [3.05, 3.63) is 65.2 Å². The lowest BCUT2D eigenvalue weighted by atomic mass is 10.2. The minimum Gasteiger partial charge on any atom is -0.321 e. The molecule has 5 nitrogen and oxygen atoms in total. The fraction of sp³-hybridized carbons (Fsp3) is 0.111. The summed E-state index contributed by atoms with van der Waals surface area (Å²) in [7, 11) is -3.33. The third-order valence-electron chi connectivity index (χ3n) is 3.54. The first-order valence-corrected chi connectivity index (χ1v) is 10.2. The summed E-state index contributed by atoms with van der Waals surface area (Å²) in [6.45, 7) is 1.78. The SMILES string of the molecule is Cc1nc(-c2ccccc2)sc1C(=O)Nc1cccc(S(C)(=O)=O)c1. The largest absolute Gasteiger partial charge is 0.321 e. The normalized spacial score (nSPS) is 11.3. The van der Waals surface area contributed by atoms with E-state index in [9.17, 15) is 13.2 Å². The Morgan fingerprint density at radius 2 is 1.80 bits per heavy atom. The predicted molar refractivity (Wildman–Crippen MR) is 99.8 cm³/mol. The molecule has 25 heavy (non-hydrogen) atoms. The van der Waals surface area contributed by atoms with Crippen LogP contribution in [0.1, 0.15) is 15.4 Å². The van der Waals surface area contributed by atoms with Crippen molar-refractivity contribution in [2.24, 2.45) is 0 Å². The Hall–Kier alpha value is -2.51. The Morgan fingerprint density at radius 1 is 1.08 bits per heavy atom. The number of aromatic nitrogens is 1. The minimum atomic E-state index is -3.33. The van der Waals surface area contributed by atoms with Gasteiger partial charge in [-0.15, -0.1) is 11.3 Å². The molecule has 3 rings (SSSR count). The number of sulfone groups is 1. The van der Waals surface area contributed by atoms with Crippen LogP contribution in [0.4, 0.5) is 5.69 Å². The topological polar surface area (TPSA) is 76.1 Å². The molecule has 1 N–H and O–H groups in total. The first kappa shape index (κ1) is 17.3. The van der Waals surface area contributed by atoms with Crippen LogP contribution in [0.25, 0.3) is 10.6 Å². The van der Waals surface area contributed by atoms with Gasteiger partial charge in [0.05, 0.1) is 10.6 Å². The van der Waals surface area contributed by atoms with Crippen molar-refractivity contribution in [1.29, 1.82) is 0 Å². The molecule has 0 saturated heterocycles. The number of hydrogen-bond donors (Lipinski definition) is 1. The van der Waals surface area contributed by atoms with Gasteiger partial charge in [0.1, 0.15) is 9.88 Å². The second-order valence-electron chi connectivity index (χ2n) is 5.55. The van der Waals surface area contributed by atoms with Crippen molar-refractivity contribution in [2.75, 3.05) is 11.6 Å². The molecular weight excluding hydrogens is 356 g/mol. The molecule has 0 fully saturated rings. The van der Waals surface area contributed by atoms with Crippen molar-refractivity contribution >= 4 is 32.8 Å². The van der Waals surface area contributed by atoms with Gasteiger partial charge in [-0.1, -0.05) is 36.4 Å². The summed E-state index contributed by atoms with van der Waals surface area (Å²) in [5.74, 6) is -0.303. The molecule has 2 aromatic carbocycles. The Balaban J connectivity index is 1.86. The highest BCUT2D eigenvalue weighted by molar-refractivity contribution is 7.90. The molecule has 0 aliphatic heterocycles. The number of nitrogens with zero attached hydrogens (tertiary/aromatic N) is 1. The Bertz CT molecular complexity index is 1030. The van der Waals surface area contributed by atoms with Crippen molar-refractivity contribution in [1.82, 2.24) is 4.98 Å². The van der Waals surface area contributed by atoms with E-state index in [1.165, 1.54) is 23.5 Å². The predicted octanol–water partition coefficient (Wildman–Crippen LogP) is 3.77. The molecule has 0 bridgehead atoms. The quantitative estimate of drug-likeness (QED) is 0.756. The highest BCUT2D eigenvalue weighted by atomic mass is 32.2. The second-order valence-corrected chi connectivity index (χ2v) is 8.57. The number of carbonyl (C=O) groups is 1. The lowest BCUT2D eigenvalue weighted by Gasteiger charge is -2.06. The van der Waals surface area contributed by atoms with Crippen LogP contribution in [-0.2, 0) is 9.84 Å². The molecule has 0 unspecified atom stereocenters. The number of anilines is 1. The maximum atomic E-state index is 12.6. The van der Waals surface area contributed by atoms with Gasteiger partial charge in [-0.05, 0) is 25.1 Å². The summed E-state index contributed by atoms with van der Waals surface area (Å²) in [5, 5.41) is 3.51. The molecule has 0 aliphatic carbocycles. The fourth-order valence-electron chi connectivity index (χ4n) is 2.30. The number of hydrogen-bond acceptors (Lipinski definition) is 5. The smallest absolute Gasteiger partial charge is 0.267 e. The molecule has 1 aromatic heterocycles. The van der Waals surface area contributed by atoms with Gasteiger partial charge in [-0.2, -0.15) is 0 Å². The van der Waals surface area contributed by atoms with E-state index < -0.39 is 9.84 Å². The molecule has 0 saturated carbocycles. The van der Waals surface area contributed by atoms with Gasteiger partial charge in [0, 0.05) is 17.5 Å². The van der Waals surface area contributed by atoms with E-state index in [0.29, 0.717) is 16.3 Å². The van der Waals surface area contributed by atoms with Crippen molar-refractivity contribution in [3.8, 4) is 10.6 Å². The number of nitrogens with one attached hydrogen (secondary N) is 1. The summed E-state index contributed by atoms with van der Waals surface area (Å²) in [6, 6.07) is 15.8. The highest BCUT2D eigenvalue weighted by Gasteiger charge is 2.17. The summed E-state index contributed by atoms with van der Waals surface area (Å²) in [6.07, 6.45) is 1.13. The maximum Gasteiger partial charge on any atom is 0.267 e. The van der Waals surface area contributed by atoms with E-state index in [0.717, 1.165) is 16.8 Å². The summed E-state index contributed by atoms with van der Waals surface area (Å²) >= 11 is 1.31. The van der Waals surface area contributed by atoms with E-state index in [4.69, 9.17) is 0 Å². The van der Waals surface area contributed by atoms with Gasteiger partial charge in [0.25, 0.3) is 5.91 Å². The Kier molecular flexibility index (Phi) is 4.69. The number of benzene rings is 2. The number of aryl methyl sites for hydroxylation is 1. The van der Waals surface area contributed by atoms with Gasteiger partial charge in [-0.25, -0.2) is 13.4 Å². The molecule has 1 heterocycles. The molecular formula is C18H16N2O3S2.